The molecule has 17 nitrogen and oxygen atoms in total. The molecule has 624 valence electrons. The third-order valence-corrected chi connectivity index (χ3v) is 22.7. The second kappa shape index (κ2) is 74.8. The lowest BCUT2D eigenvalue weighted by atomic mass is 9.99. The van der Waals surface area contributed by atoms with E-state index in [9.17, 15) is 43.2 Å². The number of rotatable bonds is 83. The van der Waals surface area contributed by atoms with Gasteiger partial charge in [-0.2, -0.15) is 0 Å². The minimum atomic E-state index is -4.97. The fourth-order valence-corrected chi connectivity index (χ4v) is 14.8. The zero-order chi connectivity index (χ0) is 77.4. The lowest BCUT2D eigenvalue weighted by Gasteiger charge is -2.21. The molecule has 0 aromatic carbocycles. The first-order chi connectivity index (χ1) is 50.7. The second-order valence-electron chi connectivity index (χ2n) is 32.4. The van der Waals surface area contributed by atoms with Gasteiger partial charge in [0.05, 0.1) is 26.4 Å². The van der Waals surface area contributed by atoms with Gasteiger partial charge in [-0.05, 0) is 49.4 Å². The van der Waals surface area contributed by atoms with Crippen molar-refractivity contribution in [2.75, 3.05) is 39.6 Å². The van der Waals surface area contributed by atoms with Crippen LogP contribution < -0.4 is 0 Å². The van der Waals surface area contributed by atoms with Crippen LogP contribution in [-0.4, -0.2) is 96.7 Å². The number of carbonyl (C=O) groups excluding carboxylic acids is 4. The van der Waals surface area contributed by atoms with Crippen molar-refractivity contribution in [1.29, 1.82) is 0 Å². The van der Waals surface area contributed by atoms with Gasteiger partial charge < -0.3 is 33.8 Å². The Hall–Kier alpha value is -1.94. The Morgan fingerprint density at radius 3 is 0.676 bits per heavy atom. The summed E-state index contributed by atoms with van der Waals surface area (Å²) in [5.74, 6) is 1.05. The fourth-order valence-electron chi connectivity index (χ4n) is 13.3. The average molecular weight is 1540 g/mol. The molecule has 0 aliphatic carbocycles. The number of ether oxygens (including phenoxy) is 4. The molecule has 5 unspecified atom stereocenters. The molecule has 0 heterocycles. The Morgan fingerprint density at radius 1 is 0.267 bits per heavy atom. The Kier molecular flexibility index (Phi) is 73.4. The SMILES string of the molecule is CCC(C)CCCCCCCCCCCCCCCCCCCCC(=O)OC[C@H](COP(=O)(O)OCC(O)COP(=O)(O)OC[C@@H](COC(=O)CCCCCCCCCCC(C)C)OC(=O)CCCCCCCCCC(C)C)OC(=O)CCCCCCCCCCCCCCCCCCCCC(C)CC. The molecule has 0 saturated heterocycles. The summed E-state index contributed by atoms with van der Waals surface area (Å²) in [6, 6.07) is 0. The van der Waals surface area contributed by atoms with Crippen LogP contribution in [0.25, 0.3) is 0 Å². The minimum Gasteiger partial charge on any atom is -0.462 e. The summed E-state index contributed by atoms with van der Waals surface area (Å²) in [5, 5.41) is 10.7. The van der Waals surface area contributed by atoms with Crippen LogP contribution in [0.2, 0.25) is 0 Å². The average Bonchev–Trinajstić information content (AvgIpc) is 1.11. The molecule has 0 fully saturated rings. The van der Waals surface area contributed by atoms with Crippen molar-refractivity contribution >= 4 is 39.5 Å². The third-order valence-electron chi connectivity index (χ3n) is 20.8. The Balaban J connectivity index is 5.18. The van der Waals surface area contributed by atoms with Crippen molar-refractivity contribution in [3.8, 4) is 0 Å². The predicted molar refractivity (Wildman–Crippen MR) is 432 cm³/mol. The lowest BCUT2D eigenvalue weighted by Crippen LogP contribution is -2.30. The Morgan fingerprint density at radius 2 is 0.457 bits per heavy atom. The summed E-state index contributed by atoms with van der Waals surface area (Å²) in [6.07, 6.45) is 64.2. The van der Waals surface area contributed by atoms with Gasteiger partial charge in [-0.25, -0.2) is 9.13 Å². The molecule has 105 heavy (non-hydrogen) atoms. The number of phosphoric acid groups is 2. The maximum absolute atomic E-state index is 13.1. The van der Waals surface area contributed by atoms with E-state index in [4.69, 9.17) is 37.0 Å². The van der Waals surface area contributed by atoms with Crippen LogP contribution in [0.1, 0.15) is 447 Å². The quantitative estimate of drug-likeness (QED) is 0.0222. The zero-order valence-corrected chi connectivity index (χ0v) is 71.2. The van der Waals surface area contributed by atoms with Crippen LogP contribution in [0.3, 0.4) is 0 Å². The number of aliphatic hydroxyl groups is 1. The zero-order valence-electron chi connectivity index (χ0n) is 69.4. The van der Waals surface area contributed by atoms with Gasteiger partial charge in [-0.15, -0.1) is 0 Å². The van der Waals surface area contributed by atoms with E-state index in [2.05, 4.69) is 55.4 Å². The summed E-state index contributed by atoms with van der Waals surface area (Å²) in [5.41, 5.74) is 0. The summed E-state index contributed by atoms with van der Waals surface area (Å²) < 4.78 is 68.8. The van der Waals surface area contributed by atoms with E-state index in [0.717, 1.165) is 108 Å². The molecule has 7 atom stereocenters. The predicted octanol–water partition coefficient (Wildman–Crippen LogP) is 25.9. The van der Waals surface area contributed by atoms with Gasteiger partial charge in [-0.1, -0.05) is 396 Å². The molecule has 0 aromatic heterocycles. The topological polar surface area (TPSA) is 237 Å². The van der Waals surface area contributed by atoms with Crippen molar-refractivity contribution in [3.05, 3.63) is 0 Å². The van der Waals surface area contributed by atoms with Crippen LogP contribution in [0.15, 0.2) is 0 Å². The molecule has 0 aliphatic rings. The molecule has 0 aromatic rings. The lowest BCUT2D eigenvalue weighted by molar-refractivity contribution is -0.161. The van der Waals surface area contributed by atoms with E-state index < -0.39 is 97.5 Å². The van der Waals surface area contributed by atoms with E-state index in [1.807, 2.05) is 0 Å². The number of hydrogen-bond acceptors (Lipinski definition) is 15. The molecule has 0 radical (unpaired) electrons. The number of phosphoric ester groups is 2. The Bertz CT molecular complexity index is 2050. The van der Waals surface area contributed by atoms with Crippen LogP contribution in [0.5, 0.6) is 0 Å². The molecule has 3 N–H and O–H groups in total. The van der Waals surface area contributed by atoms with Crippen LogP contribution in [0.4, 0.5) is 0 Å². The standard InChI is InChI=1S/C86H168O17P2/c1-9-78(7)64-56-48-40-31-27-23-19-15-11-13-17-21-25-29-33-42-50-58-66-83(88)96-72-81(102-85(90)68-60-52-44-34-30-26-22-18-14-12-16-20-24-28-32-41-49-57-65-79(8)10-2)74-100-104(92,93)98-70-80(87)71-99-105(94,95)101-75-82(103-86(91)69-61-53-45-37-39-47-55-63-77(5)6)73-97-84(89)67-59-51-43-36-35-38-46-54-62-76(3)4/h76-82,87H,9-75H2,1-8H3,(H,92,93)(H,94,95)/t78?,79?,80?,81-,82-/m1/s1. The molecule has 0 amide bonds. The summed E-state index contributed by atoms with van der Waals surface area (Å²) in [7, 11) is -9.93. The number of carbonyl (C=O) groups is 4. The second-order valence-corrected chi connectivity index (χ2v) is 35.3. The highest BCUT2D eigenvalue weighted by molar-refractivity contribution is 7.47. The summed E-state index contributed by atoms with van der Waals surface area (Å²) >= 11 is 0. The van der Waals surface area contributed by atoms with Crippen LogP contribution in [0, 0.1) is 23.7 Å². The maximum Gasteiger partial charge on any atom is 0.472 e. The van der Waals surface area contributed by atoms with Crippen molar-refractivity contribution in [1.82, 2.24) is 0 Å². The molecular weight excluding hydrogens is 1370 g/mol. The molecule has 0 aliphatic heterocycles. The summed E-state index contributed by atoms with van der Waals surface area (Å²) in [4.78, 5) is 73.1. The monoisotopic (exact) mass is 1540 g/mol. The van der Waals surface area contributed by atoms with Crippen molar-refractivity contribution in [3.63, 3.8) is 0 Å². The van der Waals surface area contributed by atoms with Gasteiger partial charge in [0.15, 0.2) is 12.2 Å². The van der Waals surface area contributed by atoms with Crippen molar-refractivity contribution < 1.29 is 80.2 Å². The number of aliphatic hydroxyl groups excluding tert-OH is 1. The molecular formula is C86H168O17P2. The Labute approximate surface area is 645 Å². The van der Waals surface area contributed by atoms with E-state index in [0.29, 0.717) is 31.6 Å². The number of unbranched alkanes of at least 4 members (excludes halogenated alkanes) is 47. The molecule has 0 saturated carbocycles. The first-order valence-electron chi connectivity index (χ1n) is 44.3. The van der Waals surface area contributed by atoms with Gasteiger partial charge in [-0.3, -0.25) is 37.3 Å². The first-order valence-corrected chi connectivity index (χ1v) is 47.3. The van der Waals surface area contributed by atoms with E-state index >= 15 is 0 Å². The van der Waals surface area contributed by atoms with Crippen molar-refractivity contribution in [2.45, 2.75) is 465 Å². The maximum atomic E-state index is 13.1. The van der Waals surface area contributed by atoms with E-state index in [-0.39, 0.29) is 25.7 Å². The summed E-state index contributed by atoms with van der Waals surface area (Å²) in [6.45, 7) is 14.3. The first kappa shape index (κ1) is 103. The molecule has 0 spiro atoms. The van der Waals surface area contributed by atoms with Gasteiger partial charge in [0, 0.05) is 25.7 Å². The van der Waals surface area contributed by atoms with Crippen molar-refractivity contribution in [2.24, 2.45) is 23.7 Å². The third kappa shape index (κ3) is 77.2. The van der Waals surface area contributed by atoms with Crippen LogP contribution in [-0.2, 0) is 65.4 Å². The van der Waals surface area contributed by atoms with Gasteiger partial charge in [0.1, 0.15) is 19.3 Å². The molecule has 19 heteroatoms. The highest BCUT2D eigenvalue weighted by Crippen LogP contribution is 2.45. The normalized spacial score (nSPS) is 14.4. The van der Waals surface area contributed by atoms with E-state index in [1.54, 1.807) is 0 Å². The van der Waals surface area contributed by atoms with Gasteiger partial charge in [0.25, 0.3) is 0 Å². The van der Waals surface area contributed by atoms with E-state index in [1.165, 1.54) is 250 Å². The smallest absolute Gasteiger partial charge is 0.462 e. The minimum absolute atomic E-state index is 0.103. The highest BCUT2D eigenvalue weighted by atomic mass is 31.2. The van der Waals surface area contributed by atoms with Gasteiger partial charge in [0.2, 0.25) is 0 Å². The molecule has 0 rings (SSSR count). The van der Waals surface area contributed by atoms with Gasteiger partial charge >= 0.3 is 39.5 Å². The molecule has 0 bridgehead atoms. The largest absolute Gasteiger partial charge is 0.472 e. The number of esters is 4. The number of hydrogen-bond donors (Lipinski definition) is 3. The fraction of sp³-hybridized carbons (Fsp3) is 0.953. The highest BCUT2D eigenvalue weighted by Gasteiger charge is 2.31. The van der Waals surface area contributed by atoms with Crippen LogP contribution >= 0.6 is 15.6 Å².